The van der Waals surface area contributed by atoms with Gasteiger partial charge in [-0.3, -0.25) is 0 Å². The summed E-state index contributed by atoms with van der Waals surface area (Å²) in [5, 5.41) is 0.480. The molecule has 1 aromatic carbocycles. The summed E-state index contributed by atoms with van der Waals surface area (Å²) in [5.74, 6) is 1.07. The number of nitrogens with one attached hydrogen (secondary N) is 1. The van der Waals surface area contributed by atoms with Crippen molar-refractivity contribution in [2.75, 3.05) is 12.3 Å². The zero-order chi connectivity index (χ0) is 15.7. The Hall–Kier alpha value is 0.0200. The van der Waals surface area contributed by atoms with Crippen LogP contribution >= 0.6 is 35.0 Å². The van der Waals surface area contributed by atoms with Gasteiger partial charge in [-0.25, -0.2) is 13.1 Å². The predicted molar refractivity (Wildman–Crippen MR) is 89.6 cm³/mol. The maximum Gasteiger partial charge on any atom is 0.242 e. The fourth-order valence-electron chi connectivity index (χ4n) is 2.24. The molecule has 1 aromatic rings. The van der Waals surface area contributed by atoms with Crippen LogP contribution in [0.3, 0.4) is 0 Å². The molecule has 0 amide bonds. The van der Waals surface area contributed by atoms with E-state index in [4.69, 9.17) is 28.9 Å². The number of sulfonamides is 1. The molecule has 0 bridgehead atoms. The molecular weight excluding hydrogens is 351 g/mol. The van der Waals surface area contributed by atoms with Crippen molar-refractivity contribution < 1.29 is 8.42 Å². The third kappa shape index (κ3) is 4.06. The maximum absolute atomic E-state index is 12.4. The summed E-state index contributed by atoms with van der Waals surface area (Å²) in [6.45, 7) is 2.62. The van der Waals surface area contributed by atoms with Crippen molar-refractivity contribution in [2.45, 2.75) is 36.0 Å². The largest absolute Gasteiger partial charge is 0.326 e. The Morgan fingerprint density at radius 1 is 1.38 bits per heavy atom. The quantitative estimate of drug-likeness (QED) is 0.837. The molecule has 3 N–H and O–H groups in total. The summed E-state index contributed by atoms with van der Waals surface area (Å²) in [7, 11) is -3.68. The summed E-state index contributed by atoms with van der Waals surface area (Å²) in [6, 6.07) is 2.86. The molecule has 0 aromatic heterocycles. The van der Waals surface area contributed by atoms with Gasteiger partial charge in [0.25, 0.3) is 0 Å². The van der Waals surface area contributed by atoms with E-state index < -0.39 is 10.0 Å². The third-order valence-corrected chi connectivity index (χ3v) is 7.30. The molecule has 0 spiro atoms. The third-order valence-electron chi connectivity index (χ3n) is 3.55. The lowest BCUT2D eigenvalue weighted by Crippen LogP contribution is -2.36. The Bertz CT molecular complexity index is 629. The van der Waals surface area contributed by atoms with E-state index in [-0.39, 0.29) is 21.2 Å². The number of hydrogen-bond donors (Lipinski definition) is 2. The molecule has 1 fully saturated rings. The van der Waals surface area contributed by atoms with Gasteiger partial charge < -0.3 is 5.73 Å². The molecule has 8 heteroatoms. The second-order valence-electron chi connectivity index (χ2n) is 5.30. The SMILES string of the molecule is CC1(CNS(=O)(=O)c2cc(CN)c(Cl)cc2Cl)CCCS1. The predicted octanol–water partition coefficient (Wildman–Crippen LogP) is 3.02. The van der Waals surface area contributed by atoms with Crippen LogP contribution in [-0.4, -0.2) is 25.5 Å². The number of halogens is 2. The van der Waals surface area contributed by atoms with Crippen LogP contribution in [-0.2, 0) is 16.6 Å². The fraction of sp³-hybridized carbons (Fsp3) is 0.538. The van der Waals surface area contributed by atoms with E-state index in [0.29, 0.717) is 17.1 Å². The Kier molecular flexibility index (Phi) is 5.50. The molecule has 118 valence electrons. The molecule has 1 saturated heterocycles. The normalized spacial score (nSPS) is 22.7. The molecule has 1 aliphatic heterocycles. The van der Waals surface area contributed by atoms with E-state index in [1.54, 1.807) is 11.8 Å². The van der Waals surface area contributed by atoms with Crippen LogP contribution < -0.4 is 10.5 Å². The van der Waals surface area contributed by atoms with Crippen molar-refractivity contribution in [3.05, 3.63) is 27.7 Å². The zero-order valence-electron chi connectivity index (χ0n) is 11.7. The molecule has 1 unspecified atom stereocenters. The lowest BCUT2D eigenvalue weighted by Gasteiger charge is -2.23. The van der Waals surface area contributed by atoms with Gasteiger partial charge in [0, 0.05) is 22.9 Å². The first-order chi connectivity index (χ1) is 9.77. The van der Waals surface area contributed by atoms with Crippen LogP contribution in [0.4, 0.5) is 0 Å². The highest BCUT2D eigenvalue weighted by Crippen LogP contribution is 2.37. The van der Waals surface area contributed by atoms with Crippen molar-refractivity contribution in [1.29, 1.82) is 0 Å². The van der Waals surface area contributed by atoms with E-state index in [9.17, 15) is 8.42 Å². The van der Waals surface area contributed by atoms with Crippen molar-refractivity contribution in [3.63, 3.8) is 0 Å². The van der Waals surface area contributed by atoms with E-state index in [2.05, 4.69) is 11.6 Å². The lowest BCUT2D eigenvalue weighted by molar-refractivity contribution is 0.552. The van der Waals surface area contributed by atoms with Crippen LogP contribution in [0, 0.1) is 0 Å². The van der Waals surface area contributed by atoms with Gasteiger partial charge in [0.15, 0.2) is 0 Å². The van der Waals surface area contributed by atoms with Crippen molar-refractivity contribution >= 4 is 45.0 Å². The second kappa shape index (κ2) is 6.64. The standard InChI is InChI=1S/C13H18Cl2N2O2S2/c1-13(3-2-4-20-13)8-17-21(18,19)12-5-9(7-16)10(14)6-11(12)15/h5-6,17H,2-4,7-8,16H2,1H3. The van der Waals surface area contributed by atoms with Crippen molar-refractivity contribution in [3.8, 4) is 0 Å². The van der Waals surface area contributed by atoms with Crippen LogP contribution in [0.15, 0.2) is 17.0 Å². The molecule has 4 nitrogen and oxygen atoms in total. The lowest BCUT2D eigenvalue weighted by atomic mass is 10.1. The summed E-state index contributed by atoms with van der Waals surface area (Å²) < 4.78 is 27.5. The number of benzene rings is 1. The number of thioether (sulfide) groups is 1. The highest BCUT2D eigenvalue weighted by atomic mass is 35.5. The fourth-order valence-corrected chi connectivity index (χ4v) is 5.61. The minimum Gasteiger partial charge on any atom is -0.326 e. The Balaban J connectivity index is 2.23. The van der Waals surface area contributed by atoms with Crippen LogP contribution in [0.5, 0.6) is 0 Å². The Morgan fingerprint density at radius 2 is 2.10 bits per heavy atom. The van der Waals surface area contributed by atoms with Gasteiger partial charge in [-0.1, -0.05) is 23.2 Å². The monoisotopic (exact) mass is 368 g/mol. The average molecular weight is 369 g/mol. The second-order valence-corrected chi connectivity index (χ2v) is 9.54. The van der Waals surface area contributed by atoms with E-state index in [1.165, 1.54) is 12.1 Å². The molecule has 1 aliphatic rings. The summed E-state index contributed by atoms with van der Waals surface area (Å²) in [6.07, 6.45) is 2.12. The highest BCUT2D eigenvalue weighted by molar-refractivity contribution is 8.01. The number of nitrogens with two attached hydrogens (primary N) is 1. The van der Waals surface area contributed by atoms with Crippen LogP contribution in [0.25, 0.3) is 0 Å². The van der Waals surface area contributed by atoms with Gasteiger partial charge >= 0.3 is 0 Å². The smallest absolute Gasteiger partial charge is 0.242 e. The molecular formula is C13H18Cl2N2O2S2. The Morgan fingerprint density at radius 3 is 2.67 bits per heavy atom. The molecule has 1 atom stereocenters. The molecule has 21 heavy (non-hydrogen) atoms. The van der Waals surface area contributed by atoms with E-state index >= 15 is 0 Å². The average Bonchev–Trinajstić information content (AvgIpc) is 2.84. The minimum atomic E-state index is -3.68. The Labute approximate surface area is 139 Å². The van der Waals surface area contributed by atoms with Crippen LogP contribution in [0.2, 0.25) is 10.0 Å². The number of rotatable bonds is 5. The van der Waals surface area contributed by atoms with Gasteiger partial charge in [0.2, 0.25) is 10.0 Å². The molecule has 0 radical (unpaired) electrons. The summed E-state index contributed by atoms with van der Waals surface area (Å²) in [5.41, 5.74) is 6.12. The molecule has 0 saturated carbocycles. The van der Waals surface area contributed by atoms with E-state index in [1.807, 2.05) is 0 Å². The first kappa shape index (κ1) is 17.4. The summed E-state index contributed by atoms with van der Waals surface area (Å²) >= 11 is 13.8. The van der Waals surface area contributed by atoms with Gasteiger partial charge in [0.1, 0.15) is 4.90 Å². The van der Waals surface area contributed by atoms with Crippen molar-refractivity contribution in [2.24, 2.45) is 5.73 Å². The van der Waals surface area contributed by atoms with Gasteiger partial charge in [-0.05, 0) is 43.2 Å². The maximum atomic E-state index is 12.4. The van der Waals surface area contributed by atoms with Crippen molar-refractivity contribution in [1.82, 2.24) is 4.72 Å². The van der Waals surface area contributed by atoms with Gasteiger partial charge in [0.05, 0.1) is 5.02 Å². The molecule has 1 heterocycles. The van der Waals surface area contributed by atoms with E-state index in [0.717, 1.165) is 18.6 Å². The zero-order valence-corrected chi connectivity index (χ0v) is 14.8. The topological polar surface area (TPSA) is 72.2 Å². The van der Waals surface area contributed by atoms with Crippen LogP contribution in [0.1, 0.15) is 25.3 Å². The van der Waals surface area contributed by atoms with Gasteiger partial charge in [-0.15, -0.1) is 0 Å². The number of hydrogen-bond acceptors (Lipinski definition) is 4. The van der Waals surface area contributed by atoms with Gasteiger partial charge in [-0.2, -0.15) is 11.8 Å². The first-order valence-electron chi connectivity index (χ1n) is 6.59. The molecule has 0 aliphatic carbocycles. The summed E-state index contributed by atoms with van der Waals surface area (Å²) in [4.78, 5) is 0.0283. The molecule has 2 rings (SSSR count). The minimum absolute atomic E-state index is 0.0283. The highest BCUT2D eigenvalue weighted by Gasteiger charge is 2.31. The first-order valence-corrected chi connectivity index (χ1v) is 9.81.